The van der Waals surface area contributed by atoms with Gasteiger partial charge in [0, 0.05) is 5.56 Å². The van der Waals surface area contributed by atoms with Crippen molar-refractivity contribution >= 4 is 15.9 Å². The van der Waals surface area contributed by atoms with Gasteiger partial charge >= 0.3 is 0 Å². The largest absolute Gasteiger partial charge is 0.330 e. The molecule has 1 aromatic carbocycles. The first-order valence-corrected chi connectivity index (χ1v) is 6.12. The molecular formula is C12H13BrFN3. The molecule has 2 aromatic rings. The van der Waals surface area contributed by atoms with Crippen LogP contribution in [0.25, 0.3) is 5.69 Å². The fourth-order valence-electron chi connectivity index (χ4n) is 1.71. The fourth-order valence-corrected chi connectivity index (χ4v) is 2.48. The lowest BCUT2D eigenvalue weighted by Gasteiger charge is -2.03. The average molecular weight is 298 g/mol. The van der Waals surface area contributed by atoms with Crippen molar-refractivity contribution in [2.45, 2.75) is 13.3 Å². The Morgan fingerprint density at radius 1 is 1.35 bits per heavy atom. The summed E-state index contributed by atoms with van der Waals surface area (Å²) >= 11 is 3.51. The Morgan fingerprint density at radius 3 is 2.59 bits per heavy atom. The van der Waals surface area contributed by atoms with Crippen molar-refractivity contribution in [2.24, 2.45) is 5.73 Å². The molecule has 0 bridgehead atoms. The summed E-state index contributed by atoms with van der Waals surface area (Å²) in [6.07, 6.45) is 0.771. The summed E-state index contributed by atoms with van der Waals surface area (Å²) in [7, 11) is 0. The molecule has 1 heterocycles. The summed E-state index contributed by atoms with van der Waals surface area (Å²) in [5.74, 6) is -0.254. The van der Waals surface area contributed by atoms with Crippen LogP contribution < -0.4 is 5.73 Å². The van der Waals surface area contributed by atoms with Crippen LogP contribution in [0.5, 0.6) is 0 Å². The summed E-state index contributed by atoms with van der Waals surface area (Å²) in [6.45, 7) is 2.52. The maximum Gasteiger partial charge on any atom is 0.123 e. The standard InChI is InChI=1S/C12H13BrFN3/c1-8-11(6-7-15)12(13)17(16-8)10-4-2-9(14)3-5-10/h2-5H,6-7,15H2,1H3. The number of hydrogen-bond acceptors (Lipinski definition) is 2. The molecule has 5 heteroatoms. The van der Waals surface area contributed by atoms with E-state index in [9.17, 15) is 4.39 Å². The summed E-state index contributed by atoms with van der Waals surface area (Å²) in [4.78, 5) is 0. The Balaban J connectivity index is 2.46. The Morgan fingerprint density at radius 2 is 2.00 bits per heavy atom. The molecule has 0 saturated heterocycles. The highest BCUT2D eigenvalue weighted by atomic mass is 79.9. The van der Waals surface area contributed by atoms with Crippen LogP contribution in [0.4, 0.5) is 4.39 Å². The minimum absolute atomic E-state index is 0.254. The van der Waals surface area contributed by atoms with Gasteiger partial charge in [-0.25, -0.2) is 9.07 Å². The van der Waals surface area contributed by atoms with E-state index in [0.29, 0.717) is 6.54 Å². The van der Waals surface area contributed by atoms with Gasteiger partial charge in [0.25, 0.3) is 0 Å². The van der Waals surface area contributed by atoms with Crippen molar-refractivity contribution in [2.75, 3.05) is 6.54 Å². The van der Waals surface area contributed by atoms with E-state index in [0.717, 1.165) is 28.0 Å². The van der Waals surface area contributed by atoms with Gasteiger partial charge in [-0.3, -0.25) is 0 Å². The van der Waals surface area contributed by atoms with Gasteiger partial charge in [-0.15, -0.1) is 0 Å². The summed E-state index contributed by atoms with van der Waals surface area (Å²) in [5, 5.41) is 4.42. The highest BCUT2D eigenvalue weighted by Crippen LogP contribution is 2.24. The quantitative estimate of drug-likeness (QED) is 0.946. The number of hydrogen-bond donors (Lipinski definition) is 1. The first kappa shape index (κ1) is 12.3. The highest BCUT2D eigenvalue weighted by molar-refractivity contribution is 9.10. The first-order valence-electron chi connectivity index (χ1n) is 5.33. The third kappa shape index (κ3) is 2.40. The third-order valence-electron chi connectivity index (χ3n) is 2.59. The van der Waals surface area contributed by atoms with Crippen molar-refractivity contribution in [1.82, 2.24) is 9.78 Å². The minimum atomic E-state index is -0.254. The topological polar surface area (TPSA) is 43.8 Å². The van der Waals surface area contributed by atoms with Crippen molar-refractivity contribution in [3.8, 4) is 5.69 Å². The summed E-state index contributed by atoms with van der Waals surface area (Å²) in [6, 6.07) is 6.22. The lowest BCUT2D eigenvalue weighted by atomic mass is 10.2. The maximum atomic E-state index is 12.9. The number of aryl methyl sites for hydroxylation is 1. The third-order valence-corrected chi connectivity index (χ3v) is 3.40. The second-order valence-corrected chi connectivity index (χ2v) is 4.53. The van der Waals surface area contributed by atoms with Gasteiger partial charge in [-0.05, 0) is 60.1 Å². The summed E-state index contributed by atoms with van der Waals surface area (Å²) < 4.78 is 15.5. The SMILES string of the molecule is Cc1nn(-c2ccc(F)cc2)c(Br)c1CCN. The number of halogens is 2. The zero-order valence-corrected chi connectivity index (χ0v) is 11.0. The molecule has 0 spiro atoms. The Labute approximate surface area is 108 Å². The smallest absolute Gasteiger partial charge is 0.123 e. The van der Waals surface area contributed by atoms with Crippen molar-refractivity contribution < 1.29 is 4.39 Å². The molecule has 2 rings (SSSR count). The molecule has 0 aliphatic heterocycles. The lowest BCUT2D eigenvalue weighted by molar-refractivity contribution is 0.627. The molecule has 0 radical (unpaired) electrons. The van der Waals surface area contributed by atoms with E-state index in [4.69, 9.17) is 5.73 Å². The molecule has 0 atom stereocenters. The number of benzene rings is 1. The second-order valence-electron chi connectivity index (χ2n) is 3.78. The van der Waals surface area contributed by atoms with Crippen LogP contribution in [0.15, 0.2) is 28.9 Å². The predicted molar refractivity (Wildman–Crippen MR) is 68.7 cm³/mol. The van der Waals surface area contributed by atoms with Gasteiger partial charge < -0.3 is 5.73 Å². The van der Waals surface area contributed by atoms with Crippen LogP contribution in [-0.2, 0) is 6.42 Å². The van der Waals surface area contributed by atoms with E-state index < -0.39 is 0 Å². The van der Waals surface area contributed by atoms with Crippen LogP contribution in [0, 0.1) is 12.7 Å². The van der Waals surface area contributed by atoms with Gasteiger partial charge in [-0.2, -0.15) is 5.10 Å². The number of nitrogens with zero attached hydrogens (tertiary/aromatic N) is 2. The van der Waals surface area contributed by atoms with Crippen LogP contribution >= 0.6 is 15.9 Å². The molecule has 0 aliphatic carbocycles. The van der Waals surface area contributed by atoms with Crippen LogP contribution in [0.2, 0.25) is 0 Å². The minimum Gasteiger partial charge on any atom is -0.330 e. The fraction of sp³-hybridized carbons (Fsp3) is 0.250. The van der Waals surface area contributed by atoms with Crippen molar-refractivity contribution in [1.29, 1.82) is 0 Å². The van der Waals surface area contributed by atoms with E-state index in [-0.39, 0.29) is 5.82 Å². The van der Waals surface area contributed by atoms with Crippen LogP contribution in [0.3, 0.4) is 0 Å². The molecule has 0 aliphatic rings. The molecule has 0 amide bonds. The normalized spacial score (nSPS) is 10.8. The molecule has 90 valence electrons. The van der Waals surface area contributed by atoms with E-state index in [1.165, 1.54) is 12.1 Å². The molecule has 3 nitrogen and oxygen atoms in total. The predicted octanol–water partition coefficient (Wildman–Crippen LogP) is 2.58. The highest BCUT2D eigenvalue weighted by Gasteiger charge is 2.13. The van der Waals surface area contributed by atoms with Gasteiger partial charge in [0.1, 0.15) is 10.4 Å². The summed E-state index contributed by atoms with van der Waals surface area (Å²) in [5.41, 5.74) is 8.41. The molecular weight excluding hydrogens is 285 g/mol. The number of aromatic nitrogens is 2. The van der Waals surface area contributed by atoms with Crippen LogP contribution in [0.1, 0.15) is 11.3 Å². The molecule has 17 heavy (non-hydrogen) atoms. The Kier molecular flexibility index (Phi) is 3.59. The van der Waals surface area contributed by atoms with Gasteiger partial charge in [0.2, 0.25) is 0 Å². The second kappa shape index (κ2) is 4.98. The Hall–Kier alpha value is -1.20. The maximum absolute atomic E-state index is 12.9. The number of nitrogens with two attached hydrogens (primary N) is 1. The van der Waals surface area contributed by atoms with Crippen molar-refractivity contribution in [3.63, 3.8) is 0 Å². The average Bonchev–Trinajstić information content (AvgIpc) is 2.59. The van der Waals surface area contributed by atoms with Crippen molar-refractivity contribution in [3.05, 3.63) is 45.9 Å². The molecule has 2 N–H and O–H groups in total. The monoisotopic (exact) mass is 297 g/mol. The molecule has 0 unspecified atom stereocenters. The van der Waals surface area contributed by atoms with Gasteiger partial charge in [0.15, 0.2) is 0 Å². The zero-order chi connectivity index (χ0) is 12.4. The van der Waals surface area contributed by atoms with E-state index in [1.54, 1.807) is 16.8 Å². The zero-order valence-electron chi connectivity index (χ0n) is 9.45. The molecule has 0 fully saturated rings. The van der Waals surface area contributed by atoms with E-state index >= 15 is 0 Å². The number of rotatable bonds is 3. The van der Waals surface area contributed by atoms with Crippen LogP contribution in [-0.4, -0.2) is 16.3 Å². The molecule has 1 aromatic heterocycles. The van der Waals surface area contributed by atoms with Gasteiger partial charge in [-0.1, -0.05) is 0 Å². The first-order chi connectivity index (χ1) is 8.13. The lowest BCUT2D eigenvalue weighted by Crippen LogP contribution is -2.03. The van der Waals surface area contributed by atoms with Gasteiger partial charge in [0.05, 0.1) is 11.4 Å². The van der Waals surface area contributed by atoms with E-state index in [2.05, 4.69) is 21.0 Å². The molecule has 0 saturated carbocycles. The van der Waals surface area contributed by atoms with E-state index in [1.807, 2.05) is 6.92 Å². The Bertz CT molecular complexity index is 519.